The monoisotopic (exact) mass is 229 g/mol. The second-order valence-electron chi connectivity index (χ2n) is 4.48. The smallest absolute Gasteiger partial charge is 0.110 e. The van der Waals surface area contributed by atoms with Gasteiger partial charge in [0.25, 0.3) is 0 Å². The second kappa shape index (κ2) is 4.72. The fraction of sp³-hybridized carbons (Fsp3) is 0.357. The second-order valence-corrected chi connectivity index (χ2v) is 4.48. The number of nitrogens with zero attached hydrogens (tertiary/aromatic N) is 2. The van der Waals surface area contributed by atoms with Gasteiger partial charge in [0, 0.05) is 18.3 Å². The lowest BCUT2D eigenvalue weighted by Crippen LogP contribution is -2.02. The number of aryl methyl sites for hydroxylation is 3. The largest absolute Gasteiger partial charge is 0.330 e. The maximum Gasteiger partial charge on any atom is 0.110 e. The third-order valence-corrected chi connectivity index (χ3v) is 2.96. The lowest BCUT2D eigenvalue weighted by molar-refractivity contribution is 0.928. The molecule has 1 aromatic heterocycles. The first-order valence-electron chi connectivity index (χ1n) is 5.94. The molecular weight excluding hydrogens is 210 g/mol. The van der Waals surface area contributed by atoms with Gasteiger partial charge in [-0.25, -0.2) is 4.98 Å². The van der Waals surface area contributed by atoms with Gasteiger partial charge < -0.3 is 10.3 Å². The Morgan fingerprint density at radius 3 is 2.71 bits per heavy atom. The molecule has 0 fully saturated rings. The molecular formula is C14H19N3. The topological polar surface area (TPSA) is 43.8 Å². The summed E-state index contributed by atoms with van der Waals surface area (Å²) in [7, 11) is 0. The Morgan fingerprint density at radius 1 is 1.24 bits per heavy atom. The van der Waals surface area contributed by atoms with Gasteiger partial charge >= 0.3 is 0 Å². The van der Waals surface area contributed by atoms with E-state index in [1.165, 1.54) is 16.8 Å². The summed E-state index contributed by atoms with van der Waals surface area (Å²) in [5, 5.41) is 0. The van der Waals surface area contributed by atoms with E-state index in [-0.39, 0.29) is 0 Å². The van der Waals surface area contributed by atoms with Crippen molar-refractivity contribution in [3.63, 3.8) is 0 Å². The molecule has 0 saturated heterocycles. The molecule has 1 heterocycles. The van der Waals surface area contributed by atoms with Gasteiger partial charge in [-0.05, 0) is 44.5 Å². The first-order chi connectivity index (χ1) is 8.11. The van der Waals surface area contributed by atoms with Crippen molar-refractivity contribution in [1.82, 2.24) is 9.55 Å². The lowest BCUT2D eigenvalue weighted by Gasteiger charge is -2.09. The SMILES string of the molecule is Cc1ccc(C)c(-n2cc(CCN)nc2C)c1. The zero-order valence-corrected chi connectivity index (χ0v) is 10.7. The molecule has 0 spiro atoms. The van der Waals surface area contributed by atoms with Gasteiger partial charge in [-0.3, -0.25) is 0 Å². The van der Waals surface area contributed by atoms with E-state index in [2.05, 4.69) is 47.8 Å². The van der Waals surface area contributed by atoms with E-state index in [0.717, 1.165) is 17.9 Å². The van der Waals surface area contributed by atoms with Crippen molar-refractivity contribution in [1.29, 1.82) is 0 Å². The van der Waals surface area contributed by atoms with Gasteiger partial charge in [0.1, 0.15) is 5.82 Å². The average Bonchev–Trinajstić information content (AvgIpc) is 2.64. The third kappa shape index (κ3) is 2.39. The highest BCUT2D eigenvalue weighted by Crippen LogP contribution is 2.18. The molecule has 0 bridgehead atoms. The first-order valence-corrected chi connectivity index (χ1v) is 5.94. The number of hydrogen-bond acceptors (Lipinski definition) is 2. The van der Waals surface area contributed by atoms with Crippen molar-refractivity contribution in [2.45, 2.75) is 27.2 Å². The summed E-state index contributed by atoms with van der Waals surface area (Å²) in [4.78, 5) is 4.53. The quantitative estimate of drug-likeness (QED) is 0.877. The van der Waals surface area contributed by atoms with Crippen LogP contribution < -0.4 is 5.73 Å². The molecule has 1 aromatic carbocycles. The molecule has 17 heavy (non-hydrogen) atoms. The van der Waals surface area contributed by atoms with E-state index < -0.39 is 0 Å². The molecule has 0 atom stereocenters. The molecule has 0 aliphatic heterocycles. The Balaban J connectivity index is 2.48. The van der Waals surface area contributed by atoms with Crippen molar-refractivity contribution in [2.75, 3.05) is 6.54 Å². The molecule has 0 aliphatic rings. The number of imidazole rings is 1. The van der Waals surface area contributed by atoms with E-state index >= 15 is 0 Å². The standard InChI is InChI=1S/C14H19N3/c1-10-4-5-11(2)14(8-10)17-9-13(6-7-15)16-12(17)3/h4-5,8-9H,6-7,15H2,1-3H3. The van der Waals surface area contributed by atoms with Crippen LogP contribution in [0.5, 0.6) is 0 Å². The minimum absolute atomic E-state index is 0.642. The Kier molecular flexibility index (Phi) is 3.29. The Labute approximate surface area is 102 Å². The van der Waals surface area contributed by atoms with Crippen molar-refractivity contribution < 1.29 is 0 Å². The highest BCUT2D eigenvalue weighted by molar-refractivity contribution is 5.44. The maximum atomic E-state index is 5.56. The van der Waals surface area contributed by atoms with Crippen LogP contribution in [0.4, 0.5) is 0 Å². The Bertz CT molecular complexity index is 526. The predicted molar refractivity (Wildman–Crippen MR) is 70.5 cm³/mol. The van der Waals surface area contributed by atoms with Crippen LogP contribution in [0.1, 0.15) is 22.6 Å². The number of rotatable bonds is 3. The van der Waals surface area contributed by atoms with E-state index in [9.17, 15) is 0 Å². The van der Waals surface area contributed by atoms with E-state index in [1.54, 1.807) is 0 Å². The highest BCUT2D eigenvalue weighted by Gasteiger charge is 2.07. The molecule has 0 radical (unpaired) electrons. The fourth-order valence-electron chi connectivity index (χ4n) is 2.02. The molecule has 90 valence electrons. The molecule has 2 rings (SSSR count). The van der Waals surface area contributed by atoms with E-state index in [0.29, 0.717) is 6.54 Å². The summed E-state index contributed by atoms with van der Waals surface area (Å²) in [6.07, 6.45) is 2.92. The van der Waals surface area contributed by atoms with E-state index in [1.807, 2.05) is 6.92 Å². The van der Waals surface area contributed by atoms with E-state index in [4.69, 9.17) is 5.73 Å². The number of hydrogen-bond donors (Lipinski definition) is 1. The van der Waals surface area contributed by atoms with Gasteiger partial charge in [0.15, 0.2) is 0 Å². The van der Waals surface area contributed by atoms with Gasteiger partial charge in [-0.15, -0.1) is 0 Å². The highest BCUT2D eigenvalue weighted by atomic mass is 15.1. The maximum absolute atomic E-state index is 5.56. The Morgan fingerprint density at radius 2 is 2.00 bits per heavy atom. The normalized spacial score (nSPS) is 10.8. The van der Waals surface area contributed by atoms with Crippen LogP contribution in [0.3, 0.4) is 0 Å². The Hall–Kier alpha value is -1.61. The fourth-order valence-corrected chi connectivity index (χ4v) is 2.02. The van der Waals surface area contributed by atoms with Crippen LogP contribution in [-0.2, 0) is 6.42 Å². The number of aromatic nitrogens is 2. The van der Waals surface area contributed by atoms with Gasteiger partial charge in [-0.1, -0.05) is 12.1 Å². The van der Waals surface area contributed by atoms with Crippen LogP contribution in [-0.4, -0.2) is 16.1 Å². The summed E-state index contributed by atoms with van der Waals surface area (Å²) in [6, 6.07) is 6.47. The minimum Gasteiger partial charge on any atom is -0.330 e. The summed E-state index contributed by atoms with van der Waals surface area (Å²) < 4.78 is 2.15. The number of benzene rings is 1. The van der Waals surface area contributed by atoms with Crippen molar-refractivity contribution in [3.05, 3.63) is 47.0 Å². The molecule has 2 aromatic rings. The zero-order valence-electron chi connectivity index (χ0n) is 10.7. The van der Waals surface area contributed by atoms with Gasteiger partial charge in [0.2, 0.25) is 0 Å². The van der Waals surface area contributed by atoms with Gasteiger partial charge in [-0.2, -0.15) is 0 Å². The van der Waals surface area contributed by atoms with Crippen molar-refractivity contribution >= 4 is 0 Å². The van der Waals surface area contributed by atoms with Crippen molar-refractivity contribution in [3.8, 4) is 5.69 Å². The summed E-state index contributed by atoms with van der Waals surface area (Å²) in [5.41, 5.74) is 10.4. The third-order valence-electron chi connectivity index (χ3n) is 2.96. The van der Waals surface area contributed by atoms with Gasteiger partial charge in [0.05, 0.1) is 5.69 Å². The lowest BCUT2D eigenvalue weighted by atomic mass is 10.1. The molecule has 3 heteroatoms. The van der Waals surface area contributed by atoms with Crippen LogP contribution in [0, 0.1) is 20.8 Å². The van der Waals surface area contributed by atoms with Crippen molar-refractivity contribution in [2.24, 2.45) is 5.73 Å². The average molecular weight is 229 g/mol. The summed E-state index contributed by atoms with van der Waals surface area (Å²) in [6.45, 7) is 6.90. The molecule has 3 nitrogen and oxygen atoms in total. The molecule has 0 saturated carbocycles. The minimum atomic E-state index is 0.642. The molecule has 0 unspecified atom stereocenters. The summed E-state index contributed by atoms with van der Waals surface area (Å²) >= 11 is 0. The van der Waals surface area contributed by atoms with Crippen LogP contribution in [0.25, 0.3) is 5.69 Å². The zero-order chi connectivity index (χ0) is 12.4. The predicted octanol–water partition coefficient (Wildman–Crippen LogP) is 2.30. The molecule has 2 N–H and O–H groups in total. The molecule has 0 amide bonds. The van der Waals surface area contributed by atoms with Crippen LogP contribution in [0.2, 0.25) is 0 Å². The van der Waals surface area contributed by atoms with Crippen LogP contribution >= 0.6 is 0 Å². The molecule has 0 aliphatic carbocycles. The van der Waals surface area contributed by atoms with Crippen LogP contribution in [0.15, 0.2) is 24.4 Å². The first kappa shape index (κ1) is 11.9. The summed E-state index contributed by atoms with van der Waals surface area (Å²) in [5.74, 6) is 1.02. The number of nitrogens with two attached hydrogens (primary N) is 1.